The maximum Gasteiger partial charge on any atom is 0.500 e. The van der Waals surface area contributed by atoms with Gasteiger partial charge in [-0.25, -0.2) is 4.98 Å². The van der Waals surface area contributed by atoms with Crippen LogP contribution in [0.25, 0.3) is 0 Å². The highest BCUT2D eigenvalue weighted by atomic mass is 28.4. The van der Waals surface area contributed by atoms with E-state index in [1.165, 1.54) is 0 Å². The standard InChI is InChI=1S/C18H39N3O6Si2/c1-22-28(23-2,24-3)16-8-13-20(11-7-12-21-15-10-19-18-21)14-9-17-29(25-4,26-5)27-6/h10,15,18H,7-9,11-14,16-17H2,1-6H3. The summed E-state index contributed by atoms with van der Waals surface area (Å²) in [5.74, 6) is 0. The van der Waals surface area contributed by atoms with E-state index in [9.17, 15) is 0 Å². The molecular formula is C18H39N3O6Si2. The summed E-state index contributed by atoms with van der Waals surface area (Å²) < 4.78 is 35.3. The van der Waals surface area contributed by atoms with Gasteiger partial charge in [-0.15, -0.1) is 0 Å². The first-order chi connectivity index (χ1) is 14.0. The molecule has 0 aliphatic heterocycles. The summed E-state index contributed by atoms with van der Waals surface area (Å²) in [7, 11) is 4.90. The van der Waals surface area contributed by atoms with Crippen molar-refractivity contribution in [1.29, 1.82) is 0 Å². The molecule has 0 bridgehead atoms. The fourth-order valence-corrected chi connectivity index (χ4v) is 6.79. The highest BCUT2D eigenvalue weighted by molar-refractivity contribution is 6.60. The Morgan fingerprint density at radius 3 is 1.55 bits per heavy atom. The Hall–Kier alpha value is -0.636. The maximum atomic E-state index is 5.54. The van der Waals surface area contributed by atoms with Crippen molar-refractivity contribution in [1.82, 2.24) is 14.5 Å². The molecule has 1 aromatic heterocycles. The molecule has 0 amide bonds. The van der Waals surface area contributed by atoms with Gasteiger partial charge in [-0.2, -0.15) is 0 Å². The van der Waals surface area contributed by atoms with Gasteiger partial charge in [0.2, 0.25) is 0 Å². The van der Waals surface area contributed by atoms with Gasteiger partial charge in [-0.05, 0) is 38.9 Å². The molecule has 11 heteroatoms. The van der Waals surface area contributed by atoms with E-state index in [4.69, 9.17) is 26.6 Å². The monoisotopic (exact) mass is 449 g/mol. The van der Waals surface area contributed by atoms with E-state index in [0.29, 0.717) is 0 Å². The predicted molar refractivity (Wildman–Crippen MR) is 116 cm³/mol. The number of hydrogen-bond donors (Lipinski definition) is 0. The average molecular weight is 450 g/mol. The normalized spacial score (nSPS) is 12.8. The van der Waals surface area contributed by atoms with Crippen molar-refractivity contribution >= 4 is 17.6 Å². The van der Waals surface area contributed by atoms with E-state index in [1.807, 2.05) is 18.7 Å². The van der Waals surface area contributed by atoms with Crippen LogP contribution in [0.5, 0.6) is 0 Å². The highest BCUT2D eigenvalue weighted by Gasteiger charge is 2.38. The Kier molecular flexibility index (Phi) is 13.1. The van der Waals surface area contributed by atoms with Gasteiger partial charge in [0.25, 0.3) is 0 Å². The summed E-state index contributed by atoms with van der Waals surface area (Å²) in [6, 6.07) is 1.59. The van der Waals surface area contributed by atoms with Crippen LogP contribution in [-0.2, 0) is 33.1 Å². The van der Waals surface area contributed by atoms with Crippen molar-refractivity contribution in [2.45, 2.75) is 37.9 Å². The van der Waals surface area contributed by atoms with Crippen LogP contribution in [-0.4, -0.2) is 94.4 Å². The lowest BCUT2D eigenvalue weighted by atomic mass is 10.3. The van der Waals surface area contributed by atoms with E-state index in [1.54, 1.807) is 42.7 Å². The van der Waals surface area contributed by atoms with Gasteiger partial charge in [-0.1, -0.05) is 0 Å². The maximum absolute atomic E-state index is 5.54. The second kappa shape index (κ2) is 14.4. The molecule has 0 unspecified atom stereocenters. The minimum absolute atomic E-state index is 0.793. The van der Waals surface area contributed by atoms with Crippen molar-refractivity contribution in [2.75, 3.05) is 62.3 Å². The molecule has 1 aromatic rings. The van der Waals surface area contributed by atoms with E-state index in [2.05, 4.69) is 14.5 Å². The average Bonchev–Trinajstić information content (AvgIpc) is 3.28. The molecule has 0 aromatic carbocycles. The van der Waals surface area contributed by atoms with Gasteiger partial charge in [0.05, 0.1) is 6.33 Å². The van der Waals surface area contributed by atoms with Crippen LogP contribution in [0.2, 0.25) is 12.1 Å². The molecule has 0 saturated carbocycles. The van der Waals surface area contributed by atoms with Crippen LogP contribution >= 0.6 is 0 Å². The number of nitrogens with zero attached hydrogens (tertiary/aromatic N) is 3. The van der Waals surface area contributed by atoms with Crippen molar-refractivity contribution in [2.24, 2.45) is 0 Å². The molecule has 9 nitrogen and oxygen atoms in total. The molecule has 29 heavy (non-hydrogen) atoms. The van der Waals surface area contributed by atoms with Crippen molar-refractivity contribution in [3.05, 3.63) is 18.7 Å². The lowest BCUT2D eigenvalue weighted by molar-refractivity contribution is 0.119. The summed E-state index contributed by atoms with van der Waals surface area (Å²) >= 11 is 0. The fourth-order valence-electron chi connectivity index (χ4n) is 3.38. The Labute approximate surface area is 177 Å². The molecular weight excluding hydrogens is 410 g/mol. The second-order valence-electron chi connectivity index (χ2n) is 6.79. The highest BCUT2D eigenvalue weighted by Crippen LogP contribution is 2.18. The van der Waals surface area contributed by atoms with Crippen LogP contribution in [0.15, 0.2) is 18.7 Å². The number of aromatic nitrogens is 2. The Bertz CT molecular complexity index is 473. The molecule has 1 heterocycles. The first-order valence-corrected chi connectivity index (χ1v) is 13.9. The molecule has 0 aliphatic carbocycles. The fraction of sp³-hybridized carbons (Fsp3) is 0.833. The molecule has 0 atom stereocenters. The Balaban J connectivity index is 2.55. The van der Waals surface area contributed by atoms with E-state index in [0.717, 1.165) is 57.5 Å². The zero-order valence-electron chi connectivity index (χ0n) is 18.9. The minimum Gasteiger partial charge on any atom is -0.377 e. The van der Waals surface area contributed by atoms with Crippen LogP contribution in [0.4, 0.5) is 0 Å². The third-order valence-corrected chi connectivity index (χ3v) is 10.9. The summed E-state index contributed by atoms with van der Waals surface area (Å²) in [5, 5.41) is 0. The largest absolute Gasteiger partial charge is 0.500 e. The second-order valence-corrected chi connectivity index (χ2v) is 13.0. The number of rotatable bonds is 18. The van der Waals surface area contributed by atoms with Gasteiger partial charge in [0.15, 0.2) is 0 Å². The van der Waals surface area contributed by atoms with Gasteiger partial charge in [0, 0.05) is 73.7 Å². The molecule has 0 radical (unpaired) electrons. The van der Waals surface area contributed by atoms with Gasteiger partial charge < -0.3 is 36.0 Å². The van der Waals surface area contributed by atoms with Crippen LogP contribution in [0, 0.1) is 0 Å². The Morgan fingerprint density at radius 2 is 1.17 bits per heavy atom. The van der Waals surface area contributed by atoms with Crippen molar-refractivity contribution in [3.8, 4) is 0 Å². The molecule has 0 aliphatic rings. The molecule has 0 spiro atoms. The van der Waals surface area contributed by atoms with E-state index < -0.39 is 17.6 Å². The summed E-state index contributed by atoms with van der Waals surface area (Å²) in [6.07, 6.45) is 8.62. The van der Waals surface area contributed by atoms with E-state index >= 15 is 0 Å². The number of imidazole rings is 1. The smallest absolute Gasteiger partial charge is 0.377 e. The molecule has 0 fully saturated rings. The van der Waals surface area contributed by atoms with Crippen molar-refractivity contribution < 1.29 is 26.6 Å². The molecule has 0 N–H and O–H groups in total. The Morgan fingerprint density at radius 1 is 0.724 bits per heavy atom. The quantitative estimate of drug-likeness (QED) is 0.315. The third kappa shape index (κ3) is 8.94. The zero-order valence-corrected chi connectivity index (χ0v) is 20.9. The van der Waals surface area contributed by atoms with E-state index in [-0.39, 0.29) is 0 Å². The molecule has 0 saturated heterocycles. The minimum atomic E-state index is -2.53. The lowest BCUT2D eigenvalue weighted by Gasteiger charge is -2.28. The zero-order chi connectivity index (χ0) is 21.6. The third-order valence-electron chi connectivity index (χ3n) is 5.23. The SMILES string of the molecule is CO[Si](CCCN(CCCn1ccnc1)CCC[Si](OC)(OC)OC)(OC)OC. The summed E-state index contributed by atoms with van der Waals surface area (Å²) in [5.41, 5.74) is 0. The number of hydrogen-bond acceptors (Lipinski definition) is 8. The molecule has 1 rings (SSSR count). The van der Waals surface area contributed by atoms with Gasteiger partial charge >= 0.3 is 17.6 Å². The summed E-state index contributed by atoms with van der Waals surface area (Å²) in [4.78, 5) is 6.57. The topological polar surface area (TPSA) is 76.4 Å². The van der Waals surface area contributed by atoms with Crippen LogP contribution in [0.3, 0.4) is 0 Å². The molecule has 170 valence electrons. The first-order valence-electron chi connectivity index (χ1n) is 10.0. The lowest BCUT2D eigenvalue weighted by Crippen LogP contribution is -2.44. The first kappa shape index (κ1) is 26.4. The predicted octanol–water partition coefficient (Wildman–Crippen LogP) is 2.11. The van der Waals surface area contributed by atoms with Gasteiger partial charge in [0.1, 0.15) is 0 Å². The van der Waals surface area contributed by atoms with Crippen LogP contribution < -0.4 is 0 Å². The number of aryl methyl sites for hydroxylation is 1. The van der Waals surface area contributed by atoms with Crippen molar-refractivity contribution in [3.63, 3.8) is 0 Å². The van der Waals surface area contributed by atoms with Gasteiger partial charge in [-0.3, -0.25) is 0 Å². The summed E-state index contributed by atoms with van der Waals surface area (Å²) in [6.45, 7) is 3.87. The van der Waals surface area contributed by atoms with Crippen LogP contribution in [0.1, 0.15) is 19.3 Å².